The van der Waals surface area contributed by atoms with Crippen molar-refractivity contribution in [3.8, 4) is 11.5 Å². The van der Waals surface area contributed by atoms with Gasteiger partial charge in [0.2, 0.25) is 0 Å². The van der Waals surface area contributed by atoms with E-state index in [1.165, 1.54) is 11.3 Å². The van der Waals surface area contributed by atoms with E-state index >= 15 is 0 Å². The van der Waals surface area contributed by atoms with Crippen LogP contribution in [0.5, 0.6) is 11.5 Å². The van der Waals surface area contributed by atoms with Gasteiger partial charge in [-0.25, -0.2) is 4.98 Å². The topological polar surface area (TPSA) is 68.0 Å². The summed E-state index contributed by atoms with van der Waals surface area (Å²) in [7, 11) is 7.25. The first-order valence-electron chi connectivity index (χ1n) is 10.4. The van der Waals surface area contributed by atoms with Gasteiger partial charge in [0.15, 0.2) is 22.2 Å². The third-order valence-electron chi connectivity index (χ3n) is 5.31. The number of furan rings is 1. The maximum absolute atomic E-state index is 13.6. The molecule has 0 bridgehead atoms. The zero-order chi connectivity index (χ0) is 22.8. The number of fused-ring (bicyclic) bond motifs is 2. The first-order valence-corrected chi connectivity index (χ1v) is 11.2. The van der Waals surface area contributed by atoms with Crippen LogP contribution in [0, 0.1) is 6.92 Å². The Bertz CT molecular complexity index is 1260. The fourth-order valence-corrected chi connectivity index (χ4v) is 4.72. The molecule has 0 aliphatic heterocycles. The summed E-state index contributed by atoms with van der Waals surface area (Å²) in [5.41, 5.74) is 2.43. The zero-order valence-corrected chi connectivity index (χ0v) is 19.8. The van der Waals surface area contributed by atoms with Crippen LogP contribution in [0.25, 0.3) is 21.2 Å². The van der Waals surface area contributed by atoms with Gasteiger partial charge in [0.1, 0.15) is 11.3 Å². The highest BCUT2D eigenvalue weighted by Gasteiger charge is 2.26. The molecule has 4 rings (SSSR count). The molecule has 8 heteroatoms. The molecule has 32 heavy (non-hydrogen) atoms. The van der Waals surface area contributed by atoms with Gasteiger partial charge in [0.05, 0.1) is 18.9 Å². The van der Waals surface area contributed by atoms with Crippen LogP contribution in [0.3, 0.4) is 0 Å². The average Bonchev–Trinajstić information content (AvgIpc) is 3.41. The molecule has 0 aliphatic rings. The molecule has 0 radical (unpaired) electrons. The number of benzene rings is 2. The van der Waals surface area contributed by atoms with Crippen molar-refractivity contribution in [2.75, 3.05) is 46.3 Å². The number of nitrogens with zero attached hydrogens (tertiary/aromatic N) is 3. The summed E-state index contributed by atoms with van der Waals surface area (Å²) in [6, 6.07) is 11.3. The lowest BCUT2D eigenvalue weighted by atomic mass is 10.2. The van der Waals surface area contributed by atoms with Gasteiger partial charge in [0.25, 0.3) is 5.91 Å². The van der Waals surface area contributed by atoms with E-state index in [-0.39, 0.29) is 11.7 Å². The number of carbonyl (C=O) groups excluding carboxylic acids is 1. The minimum Gasteiger partial charge on any atom is -0.494 e. The number of hydrogen-bond donors (Lipinski definition) is 0. The summed E-state index contributed by atoms with van der Waals surface area (Å²) in [5, 5.41) is 1.45. The Morgan fingerprint density at radius 1 is 1.09 bits per heavy atom. The second kappa shape index (κ2) is 9.18. The smallest absolute Gasteiger partial charge is 0.295 e. The van der Waals surface area contributed by atoms with Crippen LogP contribution in [-0.4, -0.2) is 57.2 Å². The number of rotatable bonds is 8. The van der Waals surface area contributed by atoms with Crippen LogP contribution >= 0.6 is 11.3 Å². The average molecular weight is 454 g/mol. The standard InChI is InChI=1S/C24H27N3O4S/c1-15-10-11-17(29-4)20-22(15)32-24(25-20)27(13-7-12-26(2)3)23(28)19-14-16-8-6-9-18(30-5)21(16)31-19/h6,8-11,14H,7,12-13H2,1-5H3. The van der Waals surface area contributed by atoms with Gasteiger partial charge in [-0.3, -0.25) is 9.69 Å². The SMILES string of the molecule is COc1ccc(C)c2sc(N(CCCN(C)C)C(=O)c3cc4cccc(OC)c4o3)nc12. The van der Waals surface area contributed by atoms with Gasteiger partial charge in [-0.05, 0) is 57.7 Å². The Hall–Kier alpha value is -3.10. The number of para-hydroxylation sites is 1. The van der Waals surface area contributed by atoms with Crippen LogP contribution in [-0.2, 0) is 0 Å². The molecule has 168 valence electrons. The molecule has 2 heterocycles. The monoisotopic (exact) mass is 453 g/mol. The second-order valence-corrected chi connectivity index (χ2v) is 8.84. The highest BCUT2D eigenvalue weighted by molar-refractivity contribution is 7.22. The molecule has 0 saturated heterocycles. The van der Waals surface area contributed by atoms with Gasteiger partial charge in [0, 0.05) is 11.9 Å². The maximum Gasteiger partial charge on any atom is 0.295 e. The lowest BCUT2D eigenvalue weighted by Crippen LogP contribution is -2.33. The third kappa shape index (κ3) is 4.16. The van der Waals surface area contributed by atoms with Crippen LogP contribution in [0.15, 0.2) is 40.8 Å². The van der Waals surface area contributed by atoms with E-state index in [4.69, 9.17) is 18.9 Å². The molecule has 0 atom stereocenters. The Kier molecular flexibility index (Phi) is 6.34. The van der Waals surface area contributed by atoms with Gasteiger partial charge in [-0.2, -0.15) is 0 Å². The summed E-state index contributed by atoms with van der Waals surface area (Å²) >= 11 is 1.49. The highest BCUT2D eigenvalue weighted by atomic mass is 32.1. The van der Waals surface area contributed by atoms with E-state index in [1.54, 1.807) is 25.2 Å². The van der Waals surface area contributed by atoms with Crippen LogP contribution in [0.1, 0.15) is 22.5 Å². The molecule has 4 aromatic rings. The van der Waals surface area contributed by atoms with E-state index in [1.807, 2.05) is 51.4 Å². The largest absolute Gasteiger partial charge is 0.494 e. The molecule has 7 nitrogen and oxygen atoms in total. The van der Waals surface area contributed by atoms with E-state index < -0.39 is 0 Å². The lowest BCUT2D eigenvalue weighted by Gasteiger charge is -2.19. The first kappa shape index (κ1) is 22.1. The third-order valence-corrected chi connectivity index (χ3v) is 6.53. The van der Waals surface area contributed by atoms with E-state index in [0.717, 1.165) is 34.1 Å². The van der Waals surface area contributed by atoms with Crippen LogP contribution in [0.4, 0.5) is 5.13 Å². The Labute approximate surface area is 191 Å². The van der Waals surface area contributed by atoms with Gasteiger partial charge in [-0.15, -0.1) is 0 Å². The molecule has 2 aromatic heterocycles. The molecule has 2 aromatic carbocycles. The van der Waals surface area contributed by atoms with Crippen LogP contribution in [0.2, 0.25) is 0 Å². The molecule has 1 amide bonds. The number of carbonyl (C=O) groups is 1. The van der Waals surface area contributed by atoms with Crippen molar-refractivity contribution in [1.82, 2.24) is 9.88 Å². The zero-order valence-electron chi connectivity index (χ0n) is 19.0. The Morgan fingerprint density at radius 3 is 2.59 bits per heavy atom. The Balaban J connectivity index is 1.76. The fourth-order valence-electron chi connectivity index (χ4n) is 3.64. The van der Waals surface area contributed by atoms with Crippen molar-refractivity contribution in [3.05, 3.63) is 47.7 Å². The molecule has 0 aliphatic carbocycles. The van der Waals surface area contributed by atoms with Crippen molar-refractivity contribution >= 4 is 43.6 Å². The number of hydrogen-bond acceptors (Lipinski definition) is 7. The molecular weight excluding hydrogens is 426 g/mol. The minimum absolute atomic E-state index is 0.224. The van der Waals surface area contributed by atoms with Crippen LogP contribution < -0.4 is 14.4 Å². The number of thiazole rings is 1. The quantitative estimate of drug-likeness (QED) is 0.375. The van der Waals surface area contributed by atoms with Gasteiger partial charge < -0.3 is 18.8 Å². The predicted molar refractivity (Wildman–Crippen MR) is 129 cm³/mol. The normalized spacial score (nSPS) is 11.4. The van der Waals surface area contributed by atoms with E-state index in [0.29, 0.717) is 28.8 Å². The molecule has 0 spiro atoms. The Morgan fingerprint density at radius 2 is 1.88 bits per heavy atom. The van der Waals surface area contributed by atoms with Crippen molar-refractivity contribution in [2.24, 2.45) is 0 Å². The molecular formula is C24H27N3O4S. The number of aromatic nitrogens is 1. The molecule has 0 saturated carbocycles. The summed E-state index contributed by atoms with van der Waals surface area (Å²) < 4.78 is 17.8. The second-order valence-electron chi connectivity index (χ2n) is 7.86. The number of methoxy groups -OCH3 is 2. The summed E-state index contributed by atoms with van der Waals surface area (Å²) in [5.74, 6) is 1.33. The van der Waals surface area contributed by atoms with E-state index in [9.17, 15) is 4.79 Å². The summed E-state index contributed by atoms with van der Waals surface area (Å²) in [6.07, 6.45) is 0.800. The first-order chi connectivity index (χ1) is 15.4. The summed E-state index contributed by atoms with van der Waals surface area (Å²) in [4.78, 5) is 22.2. The summed E-state index contributed by atoms with van der Waals surface area (Å²) in [6.45, 7) is 3.41. The highest BCUT2D eigenvalue weighted by Crippen LogP contribution is 2.37. The number of aryl methyl sites for hydroxylation is 1. The maximum atomic E-state index is 13.6. The number of anilines is 1. The van der Waals surface area contributed by atoms with E-state index in [2.05, 4.69) is 4.90 Å². The van der Waals surface area contributed by atoms with Crippen molar-refractivity contribution < 1.29 is 18.7 Å². The van der Waals surface area contributed by atoms with Gasteiger partial charge >= 0.3 is 0 Å². The fraction of sp³-hybridized carbons (Fsp3) is 0.333. The molecule has 0 unspecified atom stereocenters. The van der Waals surface area contributed by atoms with Crippen molar-refractivity contribution in [3.63, 3.8) is 0 Å². The number of amides is 1. The minimum atomic E-state index is -0.224. The van der Waals surface area contributed by atoms with Crippen molar-refractivity contribution in [2.45, 2.75) is 13.3 Å². The lowest BCUT2D eigenvalue weighted by molar-refractivity contribution is 0.0961. The molecule has 0 fully saturated rings. The predicted octanol–water partition coefficient (Wildman–Crippen LogP) is 4.97. The van der Waals surface area contributed by atoms with Crippen molar-refractivity contribution in [1.29, 1.82) is 0 Å². The van der Waals surface area contributed by atoms with Gasteiger partial charge in [-0.1, -0.05) is 29.5 Å². The number of ether oxygens (including phenoxy) is 2. The molecule has 0 N–H and O–H groups in total.